The Kier molecular flexibility index (Phi) is 4.87. The predicted octanol–water partition coefficient (Wildman–Crippen LogP) is 0.311. The van der Waals surface area contributed by atoms with Crippen molar-refractivity contribution in [1.82, 2.24) is 0 Å². The van der Waals surface area contributed by atoms with Gasteiger partial charge >= 0.3 is 6.18 Å². The smallest absolute Gasteiger partial charge is 0.391 e. The summed E-state index contributed by atoms with van der Waals surface area (Å²) >= 11 is 0. The van der Waals surface area contributed by atoms with Gasteiger partial charge in [-0.05, 0) is 6.07 Å². The fourth-order valence-corrected chi connectivity index (χ4v) is 2.61. The molecule has 0 radical (unpaired) electrons. The van der Waals surface area contributed by atoms with E-state index in [1.807, 2.05) is 0 Å². The van der Waals surface area contributed by atoms with E-state index in [9.17, 15) is 23.3 Å². The Hall–Kier alpha value is -1.87. The molecule has 0 aromatic heterocycles. The Morgan fingerprint density at radius 1 is 1.32 bits per heavy atom. The van der Waals surface area contributed by atoms with Crippen LogP contribution in [0.25, 0.3) is 0 Å². The van der Waals surface area contributed by atoms with Gasteiger partial charge in [0.2, 0.25) is 0 Å². The molecule has 0 atom stereocenters. The Labute approximate surface area is 124 Å². The van der Waals surface area contributed by atoms with Crippen LogP contribution < -0.4 is 9.80 Å². The number of nitrogens with zero attached hydrogens (tertiary/aromatic N) is 2. The van der Waals surface area contributed by atoms with Gasteiger partial charge < -0.3 is 14.9 Å². The van der Waals surface area contributed by atoms with Crippen LogP contribution in [0.1, 0.15) is 5.56 Å². The molecule has 1 aliphatic heterocycles. The largest absolute Gasteiger partial charge is 0.418 e. The van der Waals surface area contributed by atoms with Gasteiger partial charge in [0.15, 0.2) is 0 Å². The van der Waals surface area contributed by atoms with E-state index in [4.69, 9.17) is 5.11 Å². The van der Waals surface area contributed by atoms with E-state index in [-0.39, 0.29) is 12.3 Å². The number of non-ortho nitro benzene ring substituents is 1. The second kappa shape index (κ2) is 6.49. The van der Waals surface area contributed by atoms with Gasteiger partial charge in [-0.2, -0.15) is 13.2 Å². The lowest BCUT2D eigenvalue weighted by Gasteiger charge is -2.34. The second-order valence-corrected chi connectivity index (χ2v) is 5.17. The van der Waals surface area contributed by atoms with Crippen LogP contribution in [0.2, 0.25) is 0 Å². The zero-order chi connectivity index (χ0) is 16.3. The number of nitrogens with one attached hydrogen (secondary N) is 1. The topological polar surface area (TPSA) is 71.0 Å². The third kappa shape index (κ3) is 3.66. The first-order chi connectivity index (χ1) is 10.3. The number of anilines is 1. The monoisotopic (exact) mass is 320 g/mol. The van der Waals surface area contributed by atoms with Crippen molar-refractivity contribution in [1.29, 1.82) is 0 Å². The minimum absolute atomic E-state index is 0.0267. The first kappa shape index (κ1) is 16.5. The van der Waals surface area contributed by atoms with Gasteiger partial charge in [-0.25, -0.2) is 0 Å². The van der Waals surface area contributed by atoms with Gasteiger partial charge in [-0.1, -0.05) is 0 Å². The fourth-order valence-electron chi connectivity index (χ4n) is 2.61. The number of rotatable bonds is 4. The van der Waals surface area contributed by atoms with Crippen LogP contribution >= 0.6 is 0 Å². The van der Waals surface area contributed by atoms with Crippen molar-refractivity contribution in [2.75, 3.05) is 44.2 Å². The number of nitro benzene ring substituents is 1. The first-order valence-corrected chi connectivity index (χ1v) is 6.88. The summed E-state index contributed by atoms with van der Waals surface area (Å²) in [6.45, 7) is 2.68. The number of piperazine rings is 1. The van der Waals surface area contributed by atoms with Crippen molar-refractivity contribution in [3.63, 3.8) is 0 Å². The van der Waals surface area contributed by atoms with Crippen molar-refractivity contribution >= 4 is 11.4 Å². The van der Waals surface area contributed by atoms with Crippen LogP contribution in [0.4, 0.5) is 24.5 Å². The zero-order valence-electron chi connectivity index (χ0n) is 11.8. The molecule has 1 fully saturated rings. The maximum atomic E-state index is 13.2. The number of alkyl halides is 3. The van der Waals surface area contributed by atoms with Crippen LogP contribution in [-0.2, 0) is 6.18 Å². The number of hydrogen-bond acceptors (Lipinski definition) is 4. The number of benzene rings is 1. The number of halogens is 3. The highest BCUT2D eigenvalue weighted by atomic mass is 19.4. The molecule has 1 aromatic carbocycles. The number of hydrogen-bond donors (Lipinski definition) is 2. The highest BCUT2D eigenvalue weighted by Crippen LogP contribution is 2.38. The lowest BCUT2D eigenvalue weighted by atomic mass is 10.1. The van der Waals surface area contributed by atoms with Crippen LogP contribution in [0.3, 0.4) is 0 Å². The summed E-state index contributed by atoms with van der Waals surface area (Å²) in [5.41, 5.74) is -1.57. The first-order valence-electron chi connectivity index (χ1n) is 6.88. The number of aliphatic hydroxyl groups excluding tert-OH is 1. The van der Waals surface area contributed by atoms with Crippen molar-refractivity contribution in [3.05, 3.63) is 33.9 Å². The lowest BCUT2D eigenvalue weighted by Crippen LogP contribution is -3.15. The molecule has 1 saturated heterocycles. The van der Waals surface area contributed by atoms with Gasteiger partial charge in [-0.3, -0.25) is 10.1 Å². The number of nitro groups is 1. The molecular weight excluding hydrogens is 303 g/mol. The number of aliphatic hydroxyl groups is 1. The van der Waals surface area contributed by atoms with E-state index in [0.717, 1.165) is 17.0 Å². The molecule has 0 saturated carbocycles. The molecule has 1 aromatic rings. The minimum Gasteiger partial charge on any atom is -0.391 e. The quantitative estimate of drug-likeness (QED) is 0.619. The van der Waals surface area contributed by atoms with Gasteiger partial charge in [0, 0.05) is 17.8 Å². The molecule has 1 heterocycles. The SMILES string of the molecule is O=[N+]([O-])c1ccc(N2CC[NH+](CCO)CC2)c(C(F)(F)F)c1. The summed E-state index contributed by atoms with van der Waals surface area (Å²) in [6.07, 6.45) is -4.64. The summed E-state index contributed by atoms with van der Waals surface area (Å²) in [7, 11) is 0. The molecule has 22 heavy (non-hydrogen) atoms. The second-order valence-electron chi connectivity index (χ2n) is 5.17. The molecule has 2 rings (SSSR count). The Balaban J connectivity index is 2.26. The van der Waals surface area contributed by atoms with Crippen molar-refractivity contribution in [3.8, 4) is 0 Å². The molecule has 0 unspecified atom stereocenters. The van der Waals surface area contributed by atoms with Crippen LogP contribution in [0.5, 0.6) is 0 Å². The number of quaternary nitrogens is 1. The van der Waals surface area contributed by atoms with Crippen LogP contribution in [-0.4, -0.2) is 49.4 Å². The summed E-state index contributed by atoms with van der Waals surface area (Å²) < 4.78 is 39.5. The molecule has 122 valence electrons. The highest BCUT2D eigenvalue weighted by molar-refractivity contribution is 5.59. The normalized spacial score (nSPS) is 16.8. The van der Waals surface area contributed by atoms with E-state index >= 15 is 0 Å². The zero-order valence-corrected chi connectivity index (χ0v) is 11.8. The van der Waals surface area contributed by atoms with Crippen LogP contribution in [0, 0.1) is 10.1 Å². The summed E-state index contributed by atoms with van der Waals surface area (Å²) in [5, 5.41) is 19.6. The summed E-state index contributed by atoms with van der Waals surface area (Å²) in [5.74, 6) is 0. The van der Waals surface area contributed by atoms with E-state index in [0.29, 0.717) is 38.8 Å². The van der Waals surface area contributed by atoms with Crippen molar-refractivity contribution in [2.45, 2.75) is 6.18 Å². The molecule has 2 N–H and O–H groups in total. The molecule has 1 aliphatic rings. The van der Waals surface area contributed by atoms with Crippen LogP contribution in [0.15, 0.2) is 18.2 Å². The van der Waals surface area contributed by atoms with E-state index < -0.39 is 22.4 Å². The standard InChI is InChI=1S/C13H16F3N3O3/c14-13(15,16)11-9-10(19(21)22)1-2-12(11)18-5-3-17(4-6-18)7-8-20/h1-2,9,20H,3-8H2/p+1. The maximum absolute atomic E-state index is 13.2. The Morgan fingerprint density at radius 3 is 2.45 bits per heavy atom. The van der Waals surface area contributed by atoms with Gasteiger partial charge in [0.25, 0.3) is 5.69 Å². The third-order valence-electron chi connectivity index (χ3n) is 3.77. The average molecular weight is 320 g/mol. The van der Waals surface area contributed by atoms with Gasteiger partial charge in [-0.15, -0.1) is 0 Å². The van der Waals surface area contributed by atoms with E-state index in [1.165, 1.54) is 0 Å². The lowest BCUT2D eigenvalue weighted by molar-refractivity contribution is -0.900. The molecule has 0 bridgehead atoms. The molecular formula is C13H17F3N3O3+. The van der Waals surface area contributed by atoms with E-state index in [2.05, 4.69) is 0 Å². The summed E-state index contributed by atoms with van der Waals surface area (Å²) in [4.78, 5) is 12.6. The Bertz CT molecular complexity index is 543. The van der Waals surface area contributed by atoms with Gasteiger partial charge in [0.1, 0.15) is 6.54 Å². The molecule has 0 amide bonds. The predicted molar refractivity (Wildman–Crippen MR) is 73.0 cm³/mol. The molecule has 0 aliphatic carbocycles. The average Bonchev–Trinajstić information content (AvgIpc) is 2.47. The van der Waals surface area contributed by atoms with Crippen molar-refractivity contribution in [2.24, 2.45) is 0 Å². The minimum atomic E-state index is -4.64. The highest BCUT2D eigenvalue weighted by Gasteiger charge is 2.37. The maximum Gasteiger partial charge on any atom is 0.418 e. The van der Waals surface area contributed by atoms with E-state index in [1.54, 1.807) is 4.90 Å². The van der Waals surface area contributed by atoms with Crippen molar-refractivity contribution < 1.29 is 28.1 Å². The third-order valence-corrected chi connectivity index (χ3v) is 3.77. The Morgan fingerprint density at radius 2 is 1.95 bits per heavy atom. The molecule has 6 nitrogen and oxygen atoms in total. The molecule has 0 spiro atoms. The fraction of sp³-hybridized carbons (Fsp3) is 0.538. The summed E-state index contributed by atoms with van der Waals surface area (Å²) in [6, 6.07) is 2.85. The van der Waals surface area contributed by atoms with Gasteiger partial charge in [0.05, 0.1) is 43.3 Å². The molecule has 9 heteroatoms.